The van der Waals surface area contributed by atoms with Crippen LogP contribution >= 0.6 is 0 Å². The monoisotopic (exact) mass is 290 g/mol. The number of benzene rings is 1. The summed E-state index contributed by atoms with van der Waals surface area (Å²) in [6, 6.07) is 6.31. The molecule has 1 rings (SSSR count). The Labute approximate surface area is 125 Å². The number of urea groups is 1. The summed E-state index contributed by atoms with van der Waals surface area (Å²) in [5.41, 5.74) is 0.637. The van der Waals surface area contributed by atoms with Gasteiger partial charge in [-0.2, -0.15) is 0 Å². The highest BCUT2D eigenvalue weighted by atomic mass is 16.4. The van der Waals surface area contributed by atoms with Crippen LogP contribution in [0.1, 0.15) is 36.7 Å². The van der Waals surface area contributed by atoms with E-state index in [1.807, 2.05) is 20.8 Å². The van der Waals surface area contributed by atoms with Crippen molar-refractivity contribution in [1.82, 2.24) is 10.2 Å². The lowest BCUT2D eigenvalue weighted by molar-refractivity contribution is 0.0696. The van der Waals surface area contributed by atoms with Crippen molar-refractivity contribution in [2.45, 2.75) is 32.9 Å². The predicted octanol–water partition coefficient (Wildman–Crippen LogP) is 2.88. The van der Waals surface area contributed by atoms with Gasteiger partial charge < -0.3 is 15.3 Å². The van der Waals surface area contributed by atoms with Crippen LogP contribution in [-0.4, -0.2) is 34.1 Å². The van der Waals surface area contributed by atoms with E-state index in [0.717, 1.165) is 5.56 Å². The lowest BCUT2D eigenvalue weighted by atomic mass is 10.1. The number of aromatic carboxylic acids is 1. The third-order valence-corrected chi connectivity index (χ3v) is 2.98. The van der Waals surface area contributed by atoms with Crippen LogP contribution in [0.5, 0.6) is 0 Å². The molecule has 0 saturated heterocycles. The maximum atomic E-state index is 12.2. The number of hydrogen-bond donors (Lipinski definition) is 2. The maximum Gasteiger partial charge on any atom is 0.335 e. The van der Waals surface area contributed by atoms with E-state index < -0.39 is 5.97 Å². The van der Waals surface area contributed by atoms with Gasteiger partial charge in [-0.1, -0.05) is 18.2 Å². The molecule has 0 unspecified atom stereocenters. The number of hydrogen-bond acceptors (Lipinski definition) is 2. The molecule has 5 heteroatoms. The fourth-order valence-corrected chi connectivity index (χ4v) is 1.88. The minimum atomic E-state index is -0.980. The first-order valence-electron chi connectivity index (χ1n) is 6.74. The number of nitrogens with one attached hydrogen (secondary N) is 1. The Morgan fingerprint density at radius 2 is 2.05 bits per heavy atom. The molecule has 0 aliphatic carbocycles. The van der Waals surface area contributed by atoms with Gasteiger partial charge in [0.25, 0.3) is 0 Å². The molecule has 0 heterocycles. The molecule has 0 saturated carbocycles. The van der Waals surface area contributed by atoms with Gasteiger partial charge in [0.2, 0.25) is 0 Å². The normalized spacial score (nSPS) is 10.8. The van der Waals surface area contributed by atoms with Crippen molar-refractivity contribution < 1.29 is 14.7 Å². The highest BCUT2D eigenvalue weighted by molar-refractivity contribution is 5.87. The average molecular weight is 290 g/mol. The Bertz CT molecular complexity index is 533. The molecule has 0 aromatic heterocycles. The minimum absolute atomic E-state index is 0.205. The van der Waals surface area contributed by atoms with E-state index in [4.69, 9.17) is 5.11 Å². The van der Waals surface area contributed by atoms with Crippen LogP contribution < -0.4 is 5.32 Å². The highest BCUT2D eigenvalue weighted by Crippen LogP contribution is 2.13. The van der Waals surface area contributed by atoms with E-state index >= 15 is 0 Å². The second-order valence-electron chi connectivity index (χ2n) is 5.73. The Hall–Kier alpha value is -2.30. The lowest BCUT2D eigenvalue weighted by Gasteiger charge is -2.34. The van der Waals surface area contributed by atoms with Crippen LogP contribution in [0.4, 0.5) is 4.79 Å². The molecule has 2 amide bonds. The van der Waals surface area contributed by atoms with Crippen molar-refractivity contribution in [3.8, 4) is 0 Å². The molecule has 0 radical (unpaired) electrons. The zero-order valence-corrected chi connectivity index (χ0v) is 12.7. The Balaban J connectivity index is 2.73. The third kappa shape index (κ3) is 4.95. The summed E-state index contributed by atoms with van der Waals surface area (Å²) in [4.78, 5) is 24.8. The van der Waals surface area contributed by atoms with Crippen LogP contribution in [0, 0.1) is 0 Å². The van der Waals surface area contributed by atoms with Crippen molar-refractivity contribution in [3.05, 3.63) is 48.0 Å². The topological polar surface area (TPSA) is 69.6 Å². The van der Waals surface area contributed by atoms with Crippen LogP contribution in [0.3, 0.4) is 0 Å². The quantitative estimate of drug-likeness (QED) is 0.819. The second-order valence-corrected chi connectivity index (χ2v) is 5.73. The lowest BCUT2D eigenvalue weighted by Crippen LogP contribution is -2.50. The van der Waals surface area contributed by atoms with Gasteiger partial charge >= 0.3 is 12.0 Å². The minimum Gasteiger partial charge on any atom is -0.478 e. The molecule has 5 nitrogen and oxygen atoms in total. The summed E-state index contributed by atoms with van der Waals surface area (Å²) >= 11 is 0. The zero-order valence-electron chi connectivity index (χ0n) is 12.7. The first-order chi connectivity index (χ1) is 9.75. The molecule has 21 heavy (non-hydrogen) atoms. The molecule has 0 spiro atoms. The molecule has 0 atom stereocenters. The van der Waals surface area contributed by atoms with Crippen molar-refractivity contribution in [3.63, 3.8) is 0 Å². The van der Waals surface area contributed by atoms with E-state index in [9.17, 15) is 9.59 Å². The Morgan fingerprint density at radius 1 is 1.38 bits per heavy atom. The highest BCUT2D eigenvalue weighted by Gasteiger charge is 2.24. The number of rotatable bonds is 5. The zero-order chi connectivity index (χ0) is 16.0. The van der Waals surface area contributed by atoms with E-state index in [1.165, 1.54) is 6.07 Å². The number of carboxylic acids is 1. The van der Waals surface area contributed by atoms with Crippen LogP contribution in [0.25, 0.3) is 0 Å². The largest absolute Gasteiger partial charge is 0.478 e. The number of carbonyl (C=O) groups excluding carboxylic acids is 1. The van der Waals surface area contributed by atoms with E-state index in [2.05, 4.69) is 11.9 Å². The van der Waals surface area contributed by atoms with E-state index in [0.29, 0.717) is 6.54 Å². The summed E-state index contributed by atoms with van der Waals surface area (Å²) in [5.74, 6) is -0.980. The molecule has 0 bridgehead atoms. The first kappa shape index (κ1) is 16.8. The third-order valence-electron chi connectivity index (χ3n) is 2.98. The number of carboxylic acid groups (broad SMARTS) is 1. The van der Waals surface area contributed by atoms with Gasteiger partial charge in [0.1, 0.15) is 0 Å². The number of amides is 2. The van der Waals surface area contributed by atoms with Crippen molar-refractivity contribution in [2.24, 2.45) is 0 Å². The average Bonchev–Trinajstić information content (AvgIpc) is 2.41. The van der Waals surface area contributed by atoms with Gasteiger partial charge in [0.15, 0.2) is 0 Å². The molecule has 1 aromatic carbocycles. The van der Waals surface area contributed by atoms with Gasteiger partial charge in [-0.3, -0.25) is 0 Å². The standard InChI is InChI=1S/C16H22N2O3/c1-5-9-18(16(2,3)4)15(21)17-11-12-7-6-8-13(10-12)14(19)20/h5-8,10H,1,9,11H2,2-4H3,(H,17,21)(H,19,20). The molecule has 0 aliphatic rings. The Kier molecular flexibility index (Phi) is 5.52. The van der Waals surface area contributed by atoms with Crippen LogP contribution in [0.2, 0.25) is 0 Å². The van der Waals surface area contributed by atoms with Gasteiger partial charge in [-0.15, -0.1) is 6.58 Å². The van der Waals surface area contributed by atoms with E-state index in [1.54, 1.807) is 29.2 Å². The van der Waals surface area contributed by atoms with Crippen molar-refractivity contribution in [1.29, 1.82) is 0 Å². The molecule has 114 valence electrons. The molecular formula is C16H22N2O3. The molecule has 2 N–H and O–H groups in total. The summed E-state index contributed by atoms with van der Waals surface area (Å²) in [7, 11) is 0. The van der Waals surface area contributed by atoms with Crippen LogP contribution in [-0.2, 0) is 6.54 Å². The molecule has 1 aromatic rings. The summed E-state index contributed by atoms with van der Waals surface area (Å²) in [5, 5.41) is 11.7. The fraction of sp³-hybridized carbons (Fsp3) is 0.375. The second kappa shape index (κ2) is 6.92. The predicted molar refractivity (Wildman–Crippen MR) is 82.3 cm³/mol. The molecule has 0 fully saturated rings. The van der Waals surface area contributed by atoms with Crippen molar-refractivity contribution >= 4 is 12.0 Å². The SMILES string of the molecule is C=CCN(C(=O)NCc1cccc(C(=O)O)c1)C(C)(C)C. The van der Waals surface area contributed by atoms with Crippen LogP contribution in [0.15, 0.2) is 36.9 Å². The van der Waals surface area contributed by atoms with Gasteiger partial charge in [0.05, 0.1) is 5.56 Å². The summed E-state index contributed by atoms with van der Waals surface area (Å²) in [6.07, 6.45) is 1.68. The summed E-state index contributed by atoms with van der Waals surface area (Å²) in [6.45, 7) is 10.2. The molecular weight excluding hydrogens is 268 g/mol. The Morgan fingerprint density at radius 3 is 2.57 bits per heavy atom. The fourth-order valence-electron chi connectivity index (χ4n) is 1.88. The maximum absolute atomic E-state index is 12.2. The van der Waals surface area contributed by atoms with Crippen molar-refractivity contribution in [2.75, 3.05) is 6.54 Å². The number of carbonyl (C=O) groups is 2. The summed E-state index contributed by atoms with van der Waals surface area (Å²) < 4.78 is 0. The smallest absolute Gasteiger partial charge is 0.335 e. The first-order valence-corrected chi connectivity index (χ1v) is 6.74. The van der Waals surface area contributed by atoms with Gasteiger partial charge in [0, 0.05) is 18.6 Å². The van der Waals surface area contributed by atoms with Gasteiger partial charge in [-0.05, 0) is 38.5 Å². The number of nitrogens with zero attached hydrogens (tertiary/aromatic N) is 1. The van der Waals surface area contributed by atoms with E-state index in [-0.39, 0.29) is 23.7 Å². The van der Waals surface area contributed by atoms with Gasteiger partial charge in [-0.25, -0.2) is 9.59 Å². The molecule has 0 aliphatic heterocycles.